The molecule has 0 aliphatic carbocycles. The van der Waals surface area contributed by atoms with Crippen LogP contribution in [0.5, 0.6) is 0 Å². The molecule has 1 aliphatic heterocycles. The molecule has 0 saturated heterocycles. The highest BCUT2D eigenvalue weighted by atomic mass is 16.5. The van der Waals surface area contributed by atoms with Crippen molar-refractivity contribution in [2.24, 2.45) is 4.99 Å². The van der Waals surface area contributed by atoms with E-state index < -0.39 is 0 Å². The van der Waals surface area contributed by atoms with Gasteiger partial charge < -0.3 is 4.74 Å². The van der Waals surface area contributed by atoms with Crippen LogP contribution in [0.3, 0.4) is 0 Å². The second kappa shape index (κ2) is 5.70. The molecule has 0 bridgehead atoms. The van der Waals surface area contributed by atoms with Gasteiger partial charge in [-0.3, -0.25) is 4.99 Å². The van der Waals surface area contributed by atoms with Crippen molar-refractivity contribution in [3.8, 4) is 0 Å². The van der Waals surface area contributed by atoms with Crippen molar-refractivity contribution in [2.45, 2.75) is 6.42 Å². The third-order valence-electron chi connectivity index (χ3n) is 3.25. The van der Waals surface area contributed by atoms with Gasteiger partial charge in [0.1, 0.15) is 0 Å². The second-order valence-corrected chi connectivity index (χ2v) is 4.63. The number of rotatable bonds is 1. The number of nitrogens with zero attached hydrogens (tertiary/aromatic N) is 1. The lowest BCUT2D eigenvalue weighted by Gasteiger charge is -2.10. The maximum atomic E-state index is 12.1. The van der Waals surface area contributed by atoms with E-state index in [9.17, 15) is 4.79 Å². The minimum atomic E-state index is -0.272. The molecular formula is C17H15NO2. The van der Waals surface area contributed by atoms with E-state index in [0.717, 1.165) is 23.3 Å². The molecule has 1 aliphatic rings. The molecule has 3 rings (SSSR count). The van der Waals surface area contributed by atoms with E-state index in [4.69, 9.17) is 4.74 Å². The summed E-state index contributed by atoms with van der Waals surface area (Å²) >= 11 is 0. The van der Waals surface area contributed by atoms with Gasteiger partial charge in [0, 0.05) is 24.1 Å². The molecule has 100 valence electrons. The Labute approximate surface area is 117 Å². The average molecular weight is 265 g/mol. The van der Waals surface area contributed by atoms with Gasteiger partial charge in [-0.15, -0.1) is 0 Å². The van der Waals surface area contributed by atoms with Crippen molar-refractivity contribution in [1.29, 1.82) is 0 Å². The number of fused-ring (bicyclic) bond motifs is 1. The molecule has 0 N–H and O–H groups in total. The fourth-order valence-corrected chi connectivity index (χ4v) is 2.29. The van der Waals surface area contributed by atoms with Crippen LogP contribution in [0.25, 0.3) is 0 Å². The fraction of sp³-hybridized carbons (Fsp3) is 0.176. The first-order valence-electron chi connectivity index (χ1n) is 6.72. The standard InChI is InChI=1S/C17H15NO2/c19-17-15-10-5-4-9-14(15)16(18-11-6-12-20-17)13-7-2-1-3-8-13/h1-5,7-10H,6,11-12H2. The van der Waals surface area contributed by atoms with Crippen LogP contribution < -0.4 is 0 Å². The Morgan fingerprint density at radius 3 is 2.40 bits per heavy atom. The van der Waals surface area contributed by atoms with Gasteiger partial charge >= 0.3 is 5.97 Å². The Morgan fingerprint density at radius 1 is 0.900 bits per heavy atom. The van der Waals surface area contributed by atoms with Gasteiger partial charge in [-0.05, 0) is 6.07 Å². The Balaban J connectivity index is 2.16. The van der Waals surface area contributed by atoms with Crippen LogP contribution in [-0.2, 0) is 4.74 Å². The van der Waals surface area contributed by atoms with Crippen LogP contribution in [0.2, 0.25) is 0 Å². The maximum Gasteiger partial charge on any atom is 0.338 e. The Bertz CT molecular complexity index is 647. The third-order valence-corrected chi connectivity index (χ3v) is 3.25. The molecule has 1 heterocycles. The lowest BCUT2D eigenvalue weighted by atomic mass is 9.97. The van der Waals surface area contributed by atoms with Crippen LogP contribution in [-0.4, -0.2) is 24.8 Å². The lowest BCUT2D eigenvalue weighted by molar-refractivity contribution is 0.0504. The number of ether oxygens (including phenoxy) is 1. The van der Waals surface area contributed by atoms with Crippen LogP contribution in [0, 0.1) is 0 Å². The van der Waals surface area contributed by atoms with Crippen LogP contribution in [0.15, 0.2) is 59.6 Å². The van der Waals surface area contributed by atoms with E-state index in [1.807, 2.05) is 48.5 Å². The summed E-state index contributed by atoms with van der Waals surface area (Å²) in [5.41, 5.74) is 3.30. The van der Waals surface area contributed by atoms with Gasteiger partial charge in [0.15, 0.2) is 0 Å². The van der Waals surface area contributed by atoms with E-state index >= 15 is 0 Å². The molecule has 2 aromatic carbocycles. The predicted octanol–water partition coefficient (Wildman–Crippen LogP) is 3.08. The van der Waals surface area contributed by atoms with E-state index in [2.05, 4.69) is 4.99 Å². The van der Waals surface area contributed by atoms with E-state index in [1.54, 1.807) is 6.07 Å². The summed E-state index contributed by atoms with van der Waals surface area (Å²) in [6.45, 7) is 1.07. The van der Waals surface area contributed by atoms with Gasteiger partial charge in [0.25, 0.3) is 0 Å². The van der Waals surface area contributed by atoms with Gasteiger partial charge in [-0.1, -0.05) is 48.5 Å². The molecule has 2 aromatic rings. The number of aliphatic imine (C=N–C) groups is 1. The molecule has 0 spiro atoms. The fourth-order valence-electron chi connectivity index (χ4n) is 2.29. The molecule has 0 amide bonds. The molecule has 0 aromatic heterocycles. The Hall–Kier alpha value is -2.42. The van der Waals surface area contributed by atoms with E-state index in [-0.39, 0.29) is 5.97 Å². The van der Waals surface area contributed by atoms with Crippen molar-refractivity contribution in [1.82, 2.24) is 0 Å². The first-order valence-corrected chi connectivity index (χ1v) is 6.72. The zero-order valence-electron chi connectivity index (χ0n) is 11.1. The first kappa shape index (κ1) is 12.6. The summed E-state index contributed by atoms with van der Waals surface area (Å²) in [7, 11) is 0. The van der Waals surface area contributed by atoms with Gasteiger partial charge in [-0.25, -0.2) is 4.79 Å². The normalized spacial score (nSPS) is 15.2. The summed E-state index contributed by atoms with van der Waals surface area (Å²) in [6, 6.07) is 17.4. The molecular weight excluding hydrogens is 250 g/mol. The van der Waals surface area contributed by atoms with Crippen molar-refractivity contribution in [3.05, 3.63) is 71.3 Å². The largest absolute Gasteiger partial charge is 0.462 e. The van der Waals surface area contributed by atoms with Gasteiger partial charge in [0.05, 0.1) is 17.9 Å². The number of hydrogen-bond acceptors (Lipinski definition) is 3. The summed E-state index contributed by atoms with van der Waals surface area (Å²) in [5, 5.41) is 0. The van der Waals surface area contributed by atoms with Crippen molar-refractivity contribution < 1.29 is 9.53 Å². The smallest absolute Gasteiger partial charge is 0.338 e. The predicted molar refractivity (Wildman–Crippen MR) is 78.3 cm³/mol. The maximum absolute atomic E-state index is 12.1. The number of esters is 1. The SMILES string of the molecule is O=C1OCCCN=C(c2ccccc2)c2ccccc21. The summed E-state index contributed by atoms with van der Waals surface area (Å²) in [4.78, 5) is 16.8. The Morgan fingerprint density at radius 2 is 1.60 bits per heavy atom. The quantitative estimate of drug-likeness (QED) is 0.743. The molecule has 0 unspecified atom stereocenters. The summed E-state index contributed by atoms with van der Waals surface area (Å²) in [5.74, 6) is -0.272. The first-order chi connectivity index (χ1) is 9.86. The van der Waals surface area contributed by atoms with Crippen molar-refractivity contribution in [2.75, 3.05) is 13.2 Å². The number of hydrogen-bond donors (Lipinski definition) is 0. The zero-order valence-corrected chi connectivity index (χ0v) is 11.1. The topological polar surface area (TPSA) is 38.7 Å². The minimum absolute atomic E-state index is 0.272. The summed E-state index contributed by atoms with van der Waals surface area (Å²) < 4.78 is 5.26. The Kier molecular flexibility index (Phi) is 3.59. The number of carbonyl (C=O) groups excluding carboxylic acids is 1. The number of carbonyl (C=O) groups is 1. The molecule has 20 heavy (non-hydrogen) atoms. The zero-order chi connectivity index (χ0) is 13.8. The van der Waals surface area contributed by atoms with Crippen LogP contribution in [0.4, 0.5) is 0 Å². The van der Waals surface area contributed by atoms with Crippen LogP contribution in [0.1, 0.15) is 27.9 Å². The summed E-state index contributed by atoms with van der Waals surface area (Å²) in [6.07, 6.45) is 0.746. The molecule has 0 radical (unpaired) electrons. The minimum Gasteiger partial charge on any atom is -0.462 e. The van der Waals surface area contributed by atoms with Gasteiger partial charge in [0.2, 0.25) is 0 Å². The average Bonchev–Trinajstić information content (AvgIpc) is 2.58. The highest BCUT2D eigenvalue weighted by Gasteiger charge is 2.18. The monoisotopic (exact) mass is 265 g/mol. The lowest BCUT2D eigenvalue weighted by Crippen LogP contribution is -2.12. The molecule has 3 nitrogen and oxygen atoms in total. The number of benzene rings is 2. The second-order valence-electron chi connectivity index (χ2n) is 4.63. The van der Waals surface area contributed by atoms with E-state index in [1.165, 1.54) is 0 Å². The van der Waals surface area contributed by atoms with Gasteiger partial charge in [-0.2, -0.15) is 0 Å². The van der Waals surface area contributed by atoms with E-state index in [0.29, 0.717) is 18.7 Å². The highest BCUT2D eigenvalue weighted by Crippen LogP contribution is 2.18. The number of cyclic esters (lactones) is 1. The molecule has 0 saturated carbocycles. The molecule has 3 heteroatoms. The van der Waals surface area contributed by atoms with Crippen molar-refractivity contribution >= 4 is 11.7 Å². The highest BCUT2D eigenvalue weighted by molar-refractivity contribution is 6.17. The molecule has 0 fully saturated rings. The van der Waals surface area contributed by atoms with Crippen molar-refractivity contribution in [3.63, 3.8) is 0 Å². The third kappa shape index (κ3) is 2.48. The molecule has 0 atom stereocenters. The van der Waals surface area contributed by atoms with Crippen LogP contribution >= 0.6 is 0 Å².